The van der Waals surface area contributed by atoms with E-state index in [1.54, 1.807) is 0 Å². The summed E-state index contributed by atoms with van der Waals surface area (Å²) in [6.07, 6.45) is 4.74. The molecule has 0 saturated heterocycles. The number of benzene rings is 1. The van der Waals surface area contributed by atoms with Crippen LogP contribution < -0.4 is 11.6 Å². The number of halogens is 2. The van der Waals surface area contributed by atoms with Crippen molar-refractivity contribution in [2.45, 2.75) is 31.6 Å². The molecule has 0 unspecified atom stereocenters. The standard InChI is InChI=1S/C14H16BrClN4/c15-10-7-9(5-6-11(10)16)12-13(17)20(18)14(19-12)8-3-1-2-4-8/h5-8H,1-4,17-18H2. The molecule has 106 valence electrons. The Morgan fingerprint density at radius 2 is 2.00 bits per heavy atom. The quantitative estimate of drug-likeness (QED) is 0.802. The van der Waals surface area contributed by atoms with Crippen LogP contribution in [0.5, 0.6) is 0 Å². The van der Waals surface area contributed by atoms with Gasteiger partial charge in [-0.3, -0.25) is 0 Å². The Balaban J connectivity index is 2.05. The third-order valence-electron chi connectivity index (χ3n) is 3.89. The van der Waals surface area contributed by atoms with E-state index < -0.39 is 0 Å². The number of rotatable bonds is 2. The first-order valence-corrected chi connectivity index (χ1v) is 7.83. The lowest BCUT2D eigenvalue weighted by Crippen LogP contribution is -2.17. The van der Waals surface area contributed by atoms with Gasteiger partial charge in [0, 0.05) is 16.0 Å². The molecule has 4 nitrogen and oxygen atoms in total. The SMILES string of the molecule is Nc1c(-c2ccc(Cl)c(Br)c2)nc(C2CCCC2)n1N. The van der Waals surface area contributed by atoms with Gasteiger partial charge in [-0.15, -0.1) is 0 Å². The Morgan fingerprint density at radius 1 is 1.30 bits per heavy atom. The fraction of sp³-hybridized carbons (Fsp3) is 0.357. The first-order chi connectivity index (χ1) is 9.58. The van der Waals surface area contributed by atoms with Crippen molar-refractivity contribution in [3.63, 3.8) is 0 Å². The summed E-state index contributed by atoms with van der Waals surface area (Å²) in [5.41, 5.74) is 7.77. The van der Waals surface area contributed by atoms with E-state index in [9.17, 15) is 0 Å². The lowest BCUT2D eigenvalue weighted by atomic mass is 10.1. The molecule has 0 atom stereocenters. The molecule has 0 spiro atoms. The molecule has 1 aliphatic rings. The van der Waals surface area contributed by atoms with Gasteiger partial charge in [-0.1, -0.05) is 30.5 Å². The number of hydrogen-bond donors (Lipinski definition) is 2. The Morgan fingerprint density at radius 3 is 2.65 bits per heavy atom. The van der Waals surface area contributed by atoms with Crippen LogP contribution in [0.2, 0.25) is 5.02 Å². The molecule has 1 aromatic carbocycles. The molecule has 0 bridgehead atoms. The van der Waals surface area contributed by atoms with Crippen molar-refractivity contribution in [2.75, 3.05) is 11.6 Å². The molecule has 3 rings (SSSR count). The van der Waals surface area contributed by atoms with Crippen molar-refractivity contribution in [3.8, 4) is 11.3 Å². The summed E-state index contributed by atoms with van der Waals surface area (Å²) in [6.45, 7) is 0. The molecule has 1 fully saturated rings. The maximum absolute atomic E-state index is 6.12. The molecule has 4 N–H and O–H groups in total. The van der Waals surface area contributed by atoms with Gasteiger partial charge in [0.2, 0.25) is 0 Å². The molecular formula is C14H16BrClN4. The number of aromatic nitrogens is 2. The van der Waals surface area contributed by atoms with Crippen LogP contribution >= 0.6 is 27.5 Å². The third kappa shape index (κ3) is 2.29. The van der Waals surface area contributed by atoms with E-state index in [1.165, 1.54) is 17.5 Å². The van der Waals surface area contributed by atoms with Gasteiger partial charge >= 0.3 is 0 Å². The van der Waals surface area contributed by atoms with Crippen molar-refractivity contribution in [3.05, 3.63) is 33.5 Å². The van der Waals surface area contributed by atoms with Gasteiger partial charge in [0.05, 0.1) is 5.02 Å². The zero-order valence-corrected chi connectivity index (χ0v) is 13.3. The molecule has 0 amide bonds. The first kappa shape index (κ1) is 13.8. The number of hydrogen-bond acceptors (Lipinski definition) is 3. The molecule has 1 saturated carbocycles. The van der Waals surface area contributed by atoms with Gasteiger partial charge in [0.25, 0.3) is 0 Å². The van der Waals surface area contributed by atoms with Crippen LogP contribution in [0.1, 0.15) is 37.4 Å². The first-order valence-electron chi connectivity index (χ1n) is 6.66. The predicted molar refractivity (Wildman–Crippen MR) is 86.1 cm³/mol. The molecule has 1 aliphatic carbocycles. The van der Waals surface area contributed by atoms with Crippen LogP contribution in [0.15, 0.2) is 22.7 Å². The number of anilines is 1. The monoisotopic (exact) mass is 354 g/mol. The van der Waals surface area contributed by atoms with Gasteiger partial charge in [0.15, 0.2) is 5.82 Å². The highest BCUT2D eigenvalue weighted by molar-refractivity contribution is 9.10. The lowest BCUT2D eigenvalue weighted by Gasteiger charge is -2.08. The van der Waals surface area contributed by atoms with Gasteiger partial charge in [-0.05, 0) is 40.9 Å². The van der Waals surface area contributed by atoms with Crippen LogP contribution in [-0.4, -0.2) is 9.66 Å². The van der Waals surface area contributed by atoms with Crippen LogP contribution in [-0.2, 0) is 0 Å². The van der Waals surface area contributed by atoms with Crippen molar-refractivity contribution in [1.29, 1.82) is 0 Å². The van der Waals surface area contributed by atoms with E-state index in [0.717, 1.165) is 34.4 Å². The Hall–Kier alpha value is -1.20. The maximum Gasteiger partial charge on any atom is 0.150 e. The molecule has 1 heterocycles. The second-order valence-electron chi connectivity index (χ2n) is 5.18. The van der Waals surface area contributed by atoms with Crippen molar-refractivity contribution < 1.29 is 0 Å². The molecule has 20 heavy (non-hydrogen) atoms. The maximum atomic E-state index is 6.12. The number of nitrogen functional groups attached to an aromatic ring is 2. The highest BCUT2D eigenvalue weighted by atomic mass is 79.9. The van der Waals surface area contributed by atoms with Crippen LogP contribution in [0.3, 0.4) is 0 Å². The van der Waals surface area contributed by atoms with Crippen LogP contribution in [0, 0.1) is 0 Å². The summed E-state index contributed by atoms with van der Waals surface area (Å²) in [7, 11) is 0. The molecule has 1 aromatic heterocycles. The summed E-state index contributed by atoms with van der Waals surface area (Å²) in [4.78, 5) is 4.68. The molecule has 0 aliphatic heterocycles. The number of nitrogens with zero attached hydrogens (tertiary/aromatic N) is 2. The van der Waals surface area contributed by atoms with E-state index in [4.69, 9.17) is 23.2 Å². The topological polar surface area (TPSA) is 69.9 Å². The average Bonchev–Trinajstić information content (AvgIpc) is 3.04. The van der Waals surface area contributed by atoms with Crippen molar-refractivity contribution in [1.82, 2.24) is 9.66 Å². The zero-order chi connectivity index (χ0) is 14.3. The largest absolute Gasteiger partial charge is 0.382 e. The average molecular weight is 356 g/mol. The van der Waals surface area contributed by atoms with Gasteiger partial charge in [-0.2, -0.15) is 0 Å². The highest BCUT2D eigenvalue weighted by Gasteiger charge is 2.25. The summed E-state index contributed by atoms with van der Waals surface area (Å²) in [5.74, 6) is 7.89. The second-order valence-corrected chi connectivity index (χ2v) is 6.45. The van der Waals surface area contributed by atoms with Gasteiger partial charge in [-0.25, -0.2) is 9.66 Å². The third-order valence-corrected chi connectivity index (χ3v) is 5.10. The molecular weight excluding hydrogens is 340 g/mol. The normalized spacial score (nSPS) is 15.9. The zero-order valence-electron chi connectivity index (χ0n) is 10.9. The van der Waals surface area contributed by atoms with E-state index in [2.05, 4.69) is 20.9 Å². The number of imidazole rings is 1. The minimum Gasteiger partial charge on any atom is -0.382 e. The van der Waals surface area contributed by atoms with Gasteiger partial charge < -0.3 is 11.6 Å². The summed E-state index contributed by atoms with van der Waals surface area (Å²) in [5, 5.41) is 0.663. The van der Waals surface area contributed by atoms with E-state index in [-0.39, 0.29) is 0 Å². The van der Waals surface area contributed by atoms with Crippen molar-refractivity contribution >= 4 is 33.3 Å². The van der Waals surface area contributed by atoms with E-state index in [0.29, 0.717) is 16.8 Å². The minimum absolute atomic E-state index is 0.423. The smallest absolute Gasteiger partial charge is 0.150 e. The number of nitrogens with two attached hydrogens (primary N) is 2. The Labute approximate surface area is 131 Å². The predicted octanol–water partition coefficient (Wildman–Crippen LogP) is 3.92. The van der Waals surface area contributed by atoms with Crippen molar-refractivity contribution in [2.24, 2.45) is 0 Å². The highest BCUT2D eigenvalue weighted by Crippen LogP contribution is 2.37. The van der Waals surface area contributed by atoms with Crippen LogP contribution in [0.4, 0.5) is 5.82 Å². The summed E-state index contributed by atoms with van der Waals surface area (Å²) in [6, 6.07) is 5.65. The van der Waals surface area contributed by atoms with E-state index in [1.807, 2.05) is 18.2 Å². The lowest BCUT2D eigenvalue weighted by molar-refractivity contribution is 0.648. The summed E-state index contributed by atoms with van der Waals surface area (Å²) < 4.78 is 2.36. The fourth-order valence-corrected chi connectivity index (χ4v) is 3.29. The van der Waals surface area contributed by atoms with Gasteiger partial charge in [0.1, 0.15) is 11.5 Å². The summed E-state index contributed by atoms with van der Waals surface area (Å²) >= 11 is 9.44. The molecule has 6 heteroatoms. The molecule has 2 aromatic rings. The second kappa shape index (κ2) is 5.30. The molecule has 0 radical (unpaired) electrons. The minimum atomic E-state index is 0.423. The Bertz CT molecular complexity index is 647. The fourth-order valence-electron chi connectivity index (χ4n) is 2.79. The Kier molecular flexibility index (Phi) is 3.65. The van der Waals surface area contributed by atoms with E-state index >= 15 is 0 Å². The van der Waals surface area contributed by atoms with Crippen LogP contribution in [0.25, 0.3) is 11.3 Å².